The Morgan fingerprint density at radius 1 is 0.971 bits per heavy atom. The first-order valence-electron chi connectivity index (χ1n) is 12.4. The topological polar surface area (TPSA) is 73.0 Å². The second kappa shape index (κ2) is 9.72. The molecular formula is C28H36N4O3. The van der Waals surface area contributed by atoms with Crippen LogP contribution in [-0.2, 0) is 15.0 Å². The molecule has 0 unspecified atom stereocenters. The smallest absolute Gasteiger partial charge is 0.253 e. The lowest BCUT2D eigenvalue weighted by Gasteiger charge is -2.43. The van der Waals surface area contributed by atoms with Gasteiger partial charge in [0.1, 0.15) is 12.1 Å². The molecule has 0 aromatic heterocycles. The Hall–Kier alpha value is -3.35. The largest absolute Gasteiger partial charge is 0.355 e. The molecule has 0 saturated carbocycles. The highest BCUT2D eigenvalue weighted by Crippen LogP contribution is 2.39. The van der Waals surface area contributed by atoms with E-state index in [9.17, 15) is 14.4 Å². The summed E-state index contributed by atoms with van der Waals surface area (Å²) in [6.45, 7) is 10.2. The molecule has 0 aliphatic carbocycles. The molecular weight excluding hydrogens is 440 g/mol. The summed E-state index contributed by atoms with van der Waals surface area (Å²) in [4.78, 5) is 44.8. The van der Waals surface area contributed by atoms with Crippen molar-refractivity contribution in [3.8, 4) is 0 Å². The zero-order valence-electron chi connectivity index (χ0n) is 21.2. The van der Waals surface area contributed by atoms with Gasteiger partial charge in [0.2, 0.25) is 5.91 Å². The van der Waals surface area contributed by atoms with E-state index in [4.69, 9.17) is 0 Å². The molecule has 1 spiro atoms. The molecule has 2 saturated heterocycles. The van der Waals surface area contributed by atoms with E-state index in [0.29, 0.717) is 44.7 Å². The van der Waals surface area contributed by atoms with E-state index >= 15 is 0 Å². The number of para-hydroxylation sites is 1. The van der Waals surface area contributed by atoms with Crippen LogP contribution in [-0.4, -0.2) is 65.9 Å². The van der Waals surface area contributed by atoms with Gasteiger partial charge in [0, 0.05) is 30.9 Å². The number of anilines is 1. The number of nitrogens with zero attached hydrogens (tertiary/aromatic N) is 3. The molecule has 0 bridgehead atoms. The average molecular weight is 477 g/mol. The fourth-order valence-corrected chi connectivity index (χ4v) is 5.12. The molecule has 2 aromatic carbocycles. The number of benzene rings is 2. The number of nitrogens with one attached hydrogen (secondary N) is 1. The molecule has 2 aliphatic rings. The number of carbonyl (C=O) groups excluding carboxylic acids is 3. The third-order valence-corrected chi connectivity index (χ3v) is 7.17. The number of piperidine rings is 1. The molecule has 7 heteroatoms. The number of hydrogen-bond donors (Lipinski definition) is 1. The van der Waals surface area contributed by atoms with Crippen LogP contribution in [0.5, 0.6) is 0 Å². The summed E-state index contributed by atoms with van der Waals surface area (Å²) in [7, 11) is 0. The van der Waals surface area contributed by atoms with Crippen LogP contribution in [0, 0.1) is 0 Å². The number of amides is 3. The highest BCUT2D eigenvalue weighted by molar-refractivity contribution is 5.97. The second-order valence-electron chi connectivity index (χ2n) is 10.5. The van der Waals surface area contributed by atoms with Gasteiger partial charge < -0.3 is 20.0 Å². The maximum atomic E-state index is 13.7. The van der Waals surface area contributed by atoms with Crippen LogP contribution in [0.3, 0.4) is 0 Å². The fourth-order valence-electron chi connectivity index (χ4n) is 5.12. The lowest BCUT2D eigenvalue weighted by Crippen LogP contribution is -2.57. The highest BCUT2D eigenvalue weighted by Gasteiger charge is 2.54. The van der Waals surface area contributed by atoms with Gasteiger partial charge in [-0.05, 0) is 55.0 Å². The molecule has 1 N–H and O–H groups in total. The summed E-state index contributed by atoms with van der Waals surface area (Å²) in [5.41, 5.74) is 2.10. The zero-order valence-corrected chi connectivity index (χ0v) is 21.2. The van der Waals surface area contributed by atoms with Gasteiger partial charge in [-0.3, -0.25) is 14.4 Å². The Bertz CT molecular complexity index is 1070. The van der Waals surface area contributed by atoms with Crippen LogP contribution in [0.25, 0.3) is 0 Å². The van der Waals surface area contributed by atoms with E-state index < -0.39 is 5.54 Å². The van der Waals surface area contributed by atoms with Crippen LogP contribution in [0.2, 0.25) is 0 Å². The van der Waals surface area contributed by atoms with Crippen LogP contribution < -0.4 is 10.2 Å². The lowest BCUT2D eigenvalue weighted by molar-refractivity contribution is -0.137. The van der Waals surface area contributed by atoms with Crippen LogP contribution in [0.4, 0.5) is 5.69 Å². The number of carbonyl (C=O) groups is 3. The Balaban J connectivity index is 1.52. The summed E-state index contributed by atoms with van der Waals surface area (Å²) >= 11 is 0. The van der Waals surface area contributed by atoms with Crippen LogP contribution >= 0.6 is 0 Å². The first-order chi connectivity index (χ1) is 16.7. The fraction of sp³-hybridized carbons (Fsp3) is 0.464. The van der Waals surface area contributed by atoms with Crippen LogP contribution in [0.15, 0.2) is 54.6 Å². The maximum Gasteiger partial charge on any atom is 0.253 e. The van der Waals surface area contributed by atoms with E-state index in [1.165, 1.54) is 5.56 Å². The molecule has 0 atom stereocenters. The number of rotatable bonds is 5. The molecule has 2 fully saturated rings. The summed E-state index contributed by atoms with van der Waals surface area (Å²) in [5.74, 6) is -0.192. The predicted molar refractivity (Wildman–Crippen MR) is 137 cm³/mol. The summed E-state index contributed by atoms with van der Waals surface area (Å²) in [6.07, 6.45) is 1.05. The lowest BCUT2D eigenvalue weighted by atomic mass is 9.84. The molecule has 2 aromatic rings. The quantitative estimate of drug-likeness (QED) is 0.718. The van der Waals surface area contributed by atoms with Crippen molar-refractivity contribution < 1.29 is 14.4 Å². The van der Waals surface area contributed by atoms with Crippen molar-refractivity contribution >= 4 is 23.4 Å². The Morgan fingerprint density at radius 3 is 2.17 bits per heavy atom. The van der Waals surface area contributed by atoms with Crippen molar-refractivity contribution in [1.29, 1.82) is 0 Å². The molecule has 35 heavy (non-hydrogen) atoms. The SMILES string of the molecule is CCNC(=O)CN1CN(c2ccccc2)C2(CCN(C(=O)c3ccc(C(C)(C)C)cc3)CC2)C1=O. The molecule has 186 valence electrons. The minimum atomic E-state index is -0.749. The average Bonchev–Trinajstić information content (AvgIpc) is 3.10. The van der Waals surface area contributed by atoms with Gasteiger partial charge in [0.25, 0.3) is 11.8 Å². The molecule has 4 rings (SSSR count). The third kappa shape index (κ3) is 4.90. The molecule has 3 amide bonds. The van der Waals surface area contributed by atoms with E-state index in [2.05, 4.69) is 31.0 Å². The highest BCUT2D eigenvalue weighted by atomic mass is 16.2. The second-order valence-corrected chi connectivity index (χ2v) is 10.5. The number of likely N-dealkylation sites (tertiary alicyclic amines) is 1. The van der Waals surface area contributed by atoms with Crippen molar-refractivity contribution in [3.05, 3.63) is 65.7 Å². The monoisotopic (exact) mass is 476 g/mol. The summed E-state index contributed by atoms with van der Waals surface area (Å²) in [6, 6.07) is 17.7. The normalized spacial score (nSPS) is 17.7. The molecule has 2 heterocycles. The first kappa shape index (κ1) is 24.8. The standard InChI is InChI=1S/C28H36N4O3/c1-5-29-24(33)19-31-20-32(23-9-7-6-8-10-23)28(26(31)35)15-17-30(18-16-28)25(34)21-11-13-22(14-12-21)27(2,3)4/h6-14H,5,15-20H2,1-4H3,(H,29,33). The van der Waals surface area contributed by atoms with Crippen molar-refractivity contribution in [1.82, 2.24) is 15.1 Å². The van der Waals surface area contributed by atoms with Gasteiger partial charge in [0.05, 0.1) is 6.67 Å². The van der Waals surface area contributed by atoms with Gasteiger partial charge in [-0.15, -0.1) is 0 Å². The van der Waals surface area contributed by atoms with Crippen molar-refractivity contribution in [2.75, 3.05) is 37.7 Å². The summed E-state index contributed by atoms with van der Waals surface area (Å²) in [5, 5.41) is 2.79. The minimum absolute atomic E-state index is 0.00352. The zero-order chi connectivity index (χ0) is 25.2. The molecule has 7 nitrogen and oxygen atoms in total. The van der Waals surface area contributed by atoms with Gasteiger partial charge in [-0.25, -0.2) is 0 Å². The Labute approximate surface area is 208 Å². The van der Waals surface area contributed by atoms with Gasteiger partial charge >= 0.3 is 0 Å². The third-order valence-electron chi connectivity index (χ3n) is 7.17. The van der Waals surface area contributed by atoms with Gasteiger partial charge in [0.15, 0.2) is 0 Å². The summed E-state index contributed by atoms with van der Waals surface area (Å²) < 4.78 is 0. The van der Waals surface area contributed by atoms with Gasteiger partial charge in [-0.1, -0.05) is 51.1 Å². The minimum Gasteiger partial charge on any atom is -0.355 e. The van der Waals surface area contributed by atoms with E-state index in [1.54, 1.807) is 4.90 Å². The number of hydrogen-bond acceptors (Lipinski definition) is 4. The van der Waals surface area contributed by atoms with E-state index in [1.807, 2.05) is 66.4 Å². The Kier molecular flexibility index (Phi) is 6.88. The van der Waals surface area contributed by atoms with Crippen LogP contribution in [0.1, 0.15) is 56.5 Å². The van der Waals surface area contributed by atoms with Crippen molar-refractivity contribution in [2.45, 2.75) is 51.5 Å². The molecule has 0 radical (unpaired) electrons. The van der Waals surface area contributed by atoms with E-state index in [0.717, 1.165) is 5.69 Å². The first-order valence-corrected chi connectivity index (χ1v) is 12.4. The van der Waals surface area contributed by atoms with Gasteiger partial charge in [-0.2, -0.15) is 0 Å². The van der Waals surface area contributed by atoms with Crippen molar-refractivity contribution in [3.63, 3.8) is 0 Å². The Morgan fingerprint density at radius 2 is 1.60 bits per heavy atom. The van der Waals surface area contributed by atoms with Crippen molar-refractivity contribution in [2.24, 2.45) is 0 Å². The maximum absolute atomic E-state index is 13.7. The predicted octanol–water partition coefficient (Wildman–Crippen LogP) is 3.40. The molecule has 2 aliphatic heterocycles. The van der Waals surface area contributed by atoms with E-state index in [-0.39, 0.29) is 29.7 Å². The number of likely N-dealkylation sites (N-methyl/N-ethyl adjacent to an activating group) is 1.